The number of carbonyl (C=O) groups is 1. The zero-order chi connectivity index (χ0) is 12.3. The van der Waals surface area contributed by atoms with Gasteiger partial charge in [-0.05, 0) is 42.9 Å². The van der Waals surface area contributed by atoms with Crippen LogP contribution in [0.4, 0.5) is 4.39 Å². The van der Waals surface area contributed by atoms with Crippen LogP contribution in [-0.2, 0) is 0 Å². The van der Waals surface area contributed by atoms with E-state index in [1.54, 1.807) is 19.1 Å². The Kier molecular flexibility index (Phi) is 4.05. The van der Waals surface area contributed by atoms with E-state index in [0.717, 1.165) is 31.0 Å². The number of nitrogens with zero attached hydrogens (tertiary/aromatic N) is 1. The predicted molar refractivity (Wildman–Crippen MR) is 69.0 cm³/mol. The maximum absolute atomic E-state index is 13.1. The molecule has 0 radical (unpaired) electrons. The lowest BCUT2D eigenvalue weighted by Crippen LogP contribution is -2.32. The SMILES string of the molecule is Cc1cc(C(=O)N2CCCSCC2)ccc1F. The monoisotopic (exact) mass is 253 g/mol. The van der Waals surface area contributed by atoms with Gasteiger partial charge in [-0.3, -0.25) is 4.79 Å². The van der Waals surface area contributed by atoms with Gasteiger partial charge in [0, 0.05) is 24.4 Å². The van der Waals surface area contributed by atoms with Crippen molar-refractivity contribution >= 4 is 17.7 Å². The lowest BCUT2D eigenvalue weighted by molar-refractivity contribution is 0.0768. The third kappa shape index (κ3) is 3.00. The number of amides is 1. The molecule has 2 rings (SSSR count). The van der Waals surface area contributed by atoms with Crippen molar-refractivity contribution in [1.82, 2.24) is 4.90 Å². The molecule has 0 saturated carbocycles. The Labute approximate surface area is 105 Å². The fourth-order valence-electron chi connectivity index (χ4n) is 1.91. The smallest absolute Gasteiger partial charge is 0.253 e. The van der Waals surface area contributed by atoms with Gasteiger partial charge in [-0.25, -0.2) is 4.39 Å². The van der Waals surface area contributed by atoms with Gasteiger partial charge in [-0.15, -0.1) is 0 Å². The number of halogens is 1. The zero-order valence-corrected chi connectivity index (χ0v) is 10.7. The zero-order valence-electron chi connectivity index (χ0n) is 9.91. The van der Waals surface area contributed by atoms with Crippen molar-refractivity contribution in [3.05, 3.63) is 35.1 Å². The Morgan fingerprint density at radius 3 is 2.94 bits per heavy atom. The van der Waals surface area contributed by atoms with Gasteiger partial charge in [0.25, 0.3) is 5.91 Å². The Morgan fingerprint density at radius 2 is 2.18 bits per heavy atom. The van der Waals surface area contributed by atoms with Crippen molar-refractivity contribution in [1.29, 1.82) is 0 Å². The minimum absolute atomic E-state index is 0.0237. The summed E-state index contributed by atoms with van der Waals surface area (Å²) < 4.78 is 13.1. The minimum Gasteiger partial charge on any atom is -0.338 e. The minimum atomic E-state index is -0.257. The van der Waals surface area contributed by atoms with E-state index in [2.05, 4.69) is 0 Å². The van der Waals surface area contributed by atoms with E-state index in [9.17, 15) is 9.18 Å². The highest BCUT2D eigenvalue weighted by Crippen LogP contribution is 2.15. The summed E-state index contributed by atoms with van der Waals surface area (Å²) in [5.74, 6) is 1.88. The summed E-state index contributed by atoms with van der Waals surface area (Å²) >= 11 is 1.88. The van der Waals surface area contributed by atoms with Crippen LogP contribution in [0, 0.1) is 12.7 Å². The molecule has 0 N–H and O–H groups in total. The Bertz CT molecular complexity index is 414. The molecular weight excluding hydrogens is 237 g/mol. The van der Waals surface area contributed by atoms with E-state index < -0.39 is 0 Å². The molecule has 0 aromatic heterocycles. The number of thioether (sulfide) groups is 1. The average molecular weight is 253 g/mol. The van der Waals surface area contributed by atoms with Gasteiger partial charge in [-0.1, -0.05) is 0 Å². The second-order valence-corrected chi connectivity index (χ2v) is 5.45. The van der Waals surface area contributed by atoms with E-state index in [0.29, 0.717) is 11.1 Å². The fraction of sp³-hybridized carbons (Fsp3) is 0.462. The molecule has 2 nitrogen and oxygen atoms in total. The molecule has 1 fully saturated rings. The molecule has 0 aliphatic carbocycles. The van der Waals surface area contributed by atoms with Crippen molar-refractivity contribution < 1.29 is 9.18 Å². The van der Waals surface area contributed by atoms with Crippen LogP contribution in [0.15, 0.2) is 18.2 Å². The van der Waals surface area contributed by atoms with E-state index in [4.69, 9.17) is 0 Å². The third-order valence-corrected chi connectivity index (χ3v) is 3.96. The summed E-state index contributed by atoms with van der Waals surface area (Å²) in [6.07, 6.45) is 1.04. The van der Waals surface area contributed by atoms with Crippen LogP contribution in [0.5, 0.6) is 0 Å². The van der Waals surface area contributed by atoms with Crippen LogP contribution in [0.3, 0.4) is 0 Å². The molecule has 1 aromatic rings. The van der Waals surface area contributed by atoms with Gasteiger partial charge in [0.1, 0.15) is 5.82 Å². The van der Waals surface area contributed by atoms with Crippen molar-refractivity contribution in [2.24, 2.45) is 0 Å². The van der Waals surface area contributed by atoms with Crippen LogP contribution >= 0.6 is 11.8 Å². The number of hydrogen-bond donors (Lipinski definition) is 0. The average Bonchev–Trinajstić information content (AvgIpc) is 2.60. The highest BCUT2D eigenvalue weighted by Gasteiger charge is 2.17. The van der Waals surface area contributed by atoms with Gasteiger partial charge in [0.05, 0.1) is 0 Å². The lowest BCUT2D eigenvalue weighted by Gasteiger charge is -2.20. The highest BCUT2D eigenvalue weighted by molar-refractivity contribution is 7.99. The molecule has 1 saturated heterocycles. The first-order valence-electron chi connectivity index (χ1n) is 5.81. The standard InChI is InChI=1S/C13H16FNOS/c1-10-9-11(3-4-12(10)14)13(16)15-5-2-7-17-8-6-15/h3-4,9H,2,5-8H2,1H3. The Balaban J connectivity index is 2.14. The predicted octanol–water partition coefficient (Wildman–Crippen LogP) is 2.71. The first-order chi connectivity index (χ1) is 8.18. The van der Waals surface area contributed by atoms with E-state index in [1.165, 1.54) is 6.07 Å². The Morgan fingerprint density at radius 1 is 1.35 bits per heavy atom. The third-order valence-electron chi connectivity index (χ3n) is 2.91. The molecule has 1 aromatic carbocycles. The fourth-order valence-corrected chi connectivity index (χ4v) is 2.80. The highest BCUT2D eigenvalue weighted by atomic mass is 32.2. The lowest BCUT2D eigenvalue weighted by atomic mass is 10.1. The molecule has 1 aliphatic heterocycles. The summed E-state index contributed by atoms with van der Waals surface area (Å²) in [5, 5.41) is 0. The van der Waals surface area contributed by atoms with Gasteiger partial charge in [0.2, 0.25) is 0 Å². The second kappa shape index (κ2) is 5.54. The number of carbonyl (C=O) groups excluding carboxylic acids is 1. The summed E-state index contributed by atoms with van der Waals surface area (Å²) in [6, 6.07) is 4.58. The van der Waals surface area contributed by atoms with E-state index in [-0.39, 0.29) is 11.7 Å². The molecule has 1 aliphatic rings. The first kappa shape index (κ1) is 12.4. The van der Waals surface area contributed by atoms with Gasteiger partial charge < -0.3 is 4.90 Å². The number of rotatable bonds is 1. The Hall–Kier alpha value is -1.03. The van der Waals surface area contributed by atoms with Crippen LogP contribution in [0.2, 0.25) is 0 Å². The summed E-state index contributed by atoms with van der Waals surface area (Å²) in [5.41, 5.74) is 1.12. The molecule has 1 heterocycles. The molecule has 17 heavy (non-hydrogen) atoms. The largest absolute Gasteiger partial charge is 0.338 e. The molecule has 0 atom stereocenters. The molecule has 4 heteroatoms. The van der Waals surface area contributed by atoms with Crippen molar-refractivity contribution in [3.63, 3.8) is 0 Å². The first-order valence-corrected chi connectivity index (χ1v) is 6.97. The van der Waals surface area contributed by atoms with Gasteiger partial charge in [0.15, 0.2) is 0 Å². The topological polar surface area (TPSA) is 20.3 Å². The molecule has 1 amide bonds. The number of hydrogen-bond acceptors (Lipinski definition) is 2. The molecule has 0 spiro atoms. The molecular formula is C13H16FNOS. The second-order valence-electron chi connectivity index (χ2n) is 4.22. The molecule has 0 bridgehead atoms. The van der Waals surface area contributed by atoms with Crippen LogP contribution in [0.1, 0.15) is 22.3 Å². The summed E-state index contributed by atoms with van der Waals surface area (Å²) in [7, 11) is 0. The van der Waals surface area contributed by atoms with Crippen LogP contribution < -0.4 is 0 Å². The normalized spacial score (nSPS) is 16.7. The molecule has 92 valence electrons. The number of aryl methyl sites for hydroxylation is 1. The maximum atomic E-state index is 13.1. The molecule has 0 unspecified atom stereocenters. The quantitative estimate of drug-likeness (QED) is 0.767. The van der Waals surface area contributed by atoms with Crippen molar-refractivity contribution in [3.8, 4) is 0 Å². The summed E-state index contributed by atoms with van der Waals surface area (Å²) in [4.78, 5) is 14.1. The van der Waals surface area contributed by atoms with E-state index >= 15 is 0 Å². The van der Waals surface area contributed by atoms with E-state index in [1.807, 2.05) is 16.7 Å². The van der Waals surface area contributed by atoms with Gasteiger partial charge >= 0.3 is 0 Å². The van der Waals surface area contributed by atoms with Crippen LogP contribution in [0.25, 0.3) is 0 Å². The maximum Gasteiger partial charge on any atom is 0.253 e. The van der Waals surface area contributed by atoms with Crippen molar-refractivity contribution in [2.75, 3.05) is 24.6 Å². The number of benzene rings is 1. The summed E-state index contributed by atoms with van der Waals surface area (Å²) in [6.45, 7) is 3.28. The van der Waals surface area contributed by atoms with Gasteiger partial charge in [-0.2, -0.15) is 11.8 Å². The van der Waals surface area contributed by atoms with Crippen molar-refractivity contribution in [2.45, 2.75) is 13.3 Å². The van der Waals surface area contributed by atoms with Crippen LogP contribution in [-0.4, -0.2) is 35.4 Å².